The Labute approximate surface area is 232 Å². The zero-order valence-electron chi connectivity index (χ0n) is 24.0. The first-order valence-corrected chi connectivity index (χ1v) is 14.6. The predicted octanol–water partition coefficient (Wildman–Crippen LogP) is 5.68. The molecule has 5 aliphatic rings. The monoisotopic (exact) mass is 524 g/mol. The summed E-state index contributed by atoms with van der Waals surface area (Å²) in [6, 6.07) is 14.5. The van der Waals surface area contributed by atoms with E-state index in [9.17, 15) is 0 Å². The summed E-state index contributed by atoms with van der Waals surface area (Å²) < 4.78 is 11.4. The Kier molecular flexibility index (Phi) is 5.98. The molecular formula is C33H40N4O2. The van der Waals surface area contributed by atoms with Gasteiger partial charge in [-0.25, -0.2) is 9.97 Å². The van der Waals surface area contributed by atoms with Crippen LogP contribution >= 0.6 is 0 Å². The van der Waals surface area contributed by atoms with Gasteiger partial charge in [0.2, 0.25) is 0 Å². The largest absolute Gasteiger partial charge is 0.381 e. The summed E-state index contributed by atoms with van der Waals surface area (Å²) >= 11 is 0. The van der Waals surface area contributed by atoms with Crippen molar-refractivity contribution in [2.24, 2.45) is 0 Å². The third kappa shape index (κ3) is 4.06. The van der Waals surface area contributed by atoms with Gasteiger partial charge in [-0.3, -0.25) is 0 Å². The molecule has 5 heterocycles. The quantitative estimate of drug-likeness (QED) is 0.428. The average molecular weight is 525 g/mol. The van der Waals surface area contributed by atoms with Crippen LogP contribution in [0.5, 0.6) is 0 Å². The van der Waals surface area contributed by atoms with Crippen LogP contribution in [0.2, 0.25) is 0 Å². The lowest BCUT2D eigenvalue weighted by Crippen LogP contribution is -2.63. The number of methoxy groups -OCH3 is 1. The molecule has 204 valence electrons. The molecule has 1 unspecified atom stereocenters. The SMILES string of the molecule is COC1C[C@@H]2C[C@H](C1)N2c1nc(-c2c(C)cccc2C)nc2c1CN(c1cc(C3(C)COC3)ccc1C)CC2. The number of piperidine rings is 1. The molecule has 6 heteroatoms. The molecule has 3 aromatic rings. The average Bonchev–Trinajstić information content (AvgIpc) is 2.92. The molecule has 8 rings (SSSR count). The first kappa shape index (κ1) is 25.0. The van der Waals surface area contributed by atoms with Gasteiger partial charge in [-0.15, -0.1) is 0 Å². The van der Waals surface area contributed by atoms with E-state index in [1.807, 2.05) is 7.11 Å². The number of rotatable bonds is 5. The van der Waals surface area contributed by atoms with Crippen LogP contribution in [0.1, 0.15) is 59.7 Å². The minimum Gasteiger partial charge on any atom is -0.381 e. The summed E-state index contributed by atoms with van der Waals surface area (Å²) in [6.07, 6.45) is 4.69. The molecule has 3 saturated heterocycles. The standard InChI is InChI=1S/C33H40N4O2/c1-20-9-10-23(33(4)18-39-19-33)13-29(20)36-12-11-28-27(17-36)32(37-24-14-25(37)16-26(15-24)38-5)35-31(34-28)30-21(2)7-6-8-22(30)3/h6-10,13,24-26H,11-12,14-19H2,1-5H3/t24-,25+,26?. The van der Waals surface area contributed by atoms with Crippen molar-refractivity contribution in [1.82, 2.24) is 9.97 Å². The molecule has 1 saturated carbocycles. The molecular weight excluding hydrogens is 484 g/mol. The maximum Gasteiger partial charge on any atom is 0.162 e. The molecule has 0 spiro atoms. The van der Waals surface area contributed by atoms with Gasteiger partial charge in [-0.05, 0) is 68.4 Å². The highest BCUT2D eigenvalue weighted by molar-refractivity contribution is 5.69. The number of benzene rings is 2. The maximum absolute atomic E-state index is 5.78. The van der Waals surface area contributed by atoms with E-state index in [1.54, 1.807) is 0 Å². The lowest BCUT2D eigenvalue weighted by atomic mass is 9.77. The lowest BCUT2D eigenvalue weighted by molar-refractivity contribution is -0.0499. The molecule has 3 atom stereocenters. The van der Waals surface area contributed by atoms with E-state index in [4.69, 9.17) is 19.4 Å². The van der Waals surface area contributed by atoms with Gasteiger partial charge in [0, 0.05) is 60.9 Å². The number of nitrogens with zero attached hydrogens (tertiary/aromatic N) is 4. The number of aromatic nitrogens is 2. The summed E-state index contributed by atoms with van der Waals surface area (Å²) in [6.45, 7) is 12.3. The number of hydrogen-bond acceptors (Lipinski definition) is 6. The van der Waals surface area contributed by atoms with E-state index in [0.717, 1.165) is 57.2 Å². The second-order valence-corrected chi connectivity index (χ2v) is 12.6. The van der Waals surface area contributed by atoms with Gasteiger partial charge < -0.3 is 19.3 Å². The van der Waals surface area contributed by atoms with Crippen molar-refractivity contribution >= 4 is 11.5 Å². The molecule has 0 N–H and O–H groups in total. The Balaban J connectivity index is 1.30. The van der Waals surface area contributed by atoms with Crippen molar-refractivity contribution in [2.45, 2.75) is 83.5 Å². The topological polar surface area (TPSA) is 50.7 Å². The van der Waals surface area contributed by atoms with Crippen LogP contribution in [0.4, 0.5) is 11.5 Å². The van der Waals surface area contributed by atoms with Crippen LogP contribution in [0.25, 0.3) is 11.4 Å². The Morgan fingerprint density at radius 2 is 1.69 bits per heavy atom. The minimum absolute atomic E-state index is 0.123. The summed E-state index contributed by atoms with van der Waals surface area (Å²) in [5.41, 5.74) is 10.3. The van der Waals surface area contributed by atoms with Crippen molar-refractivity contribution in [1.29, 1.82) is 0 Å². The number of fused-ring (bicyclic) bond motifs is 3. The Morgan fingerprint density at radius 3 is 2.36 bits per heavy atom. The van der Waals surface area contributed by atoms with E-state index in [-0.39, 0.29) is 5.41 Å². The first-order valence-electron chi connectivity index (χ1n) is 14.6. The normalized spacial score (nSPS) is 25.1. The van der Waals surface area contributed by atoms with Crippen LogP contribution in [-0.2, 0) is 27.9 Å². The fourth-order valence-corrected chi connectivity index (χ4v) is 7.36. The maximum atomic E-state index is 5.78. The van der Waals surface area contributed by atoms with Crippen molar-refractivity contribution < 1.29 is 9.47 Å². The third-order valence-corrected chi connectivity index (χ3v) is 9.81. The first-order chi connectivity index (χ1) is 18.8. The van der Waals surface area contributed by atoms with Crippen molar-refractivity contribution in [3.63, 3.8) is 0 Å². The molecule has 0 amide bonds. The van der Waals surface area contributed by atoms with Gasteiger partial charge in [0.1, 0.15) is 5.82 Å². The van der Waals surface area contributed by atoms with Gasteiger partial charge in [0.15, 0.2) is 5.82 Å². The number of aryl methyl sites for hydroxylation is 3. The second-order valence-electron chi connectivity index (χ2n) is 12.6. The molecule has 1 aliphatic carbocycles. The smallest absolute Gasteiger partial charge is 0.162 e. The second kappa shape index (κ2) is 9.31. The summed E-state index contributed by atoms with van der Waals surface area (Å²) in [7, 11) is 1.86. The highest BCUT2D eigenvalue weighted by Gasteiger charge is 2.47. The molecule has 4 aliphatic heterocycles. The summed E-state index contributed by atoms with van der Waals surface area (Å²) in [5, 5.41) is 0. The molecule has 2 bridgehead atoms. The van der Waals surface area contributed by atoms with Crippen LogP contribution in [0.3, 0.4) is 0 Å². The van der Waals surface area contributed by atoms with Crippen molar-refractivity contribution in [3.05, 3.63) is 69.9 Å². The Bertz CT molecular complexity index is 1400. The third-order valence-electron chi connectivity index (χ3n) is 9.81. The molecule has 0 radical (unpaired) electrons. The molecule has 4 fully saturated rings. The van der Waals surface area contributed by atoms with Gasteiger partial charge in [-0.2, -0.15) is 0 Å². The summed E-state index contributed by atoms with van der Waals surface area (Å²) in [5.74, 6) is 2.04. The van der Waals surface area contributed by atoms with Gasteiger partial charge in [0.25, 0.3) is 0 Å². The minimum atomic E-state index is 0.123. The Morgan fingerprint density at radius 1 is 0.949 bits per heavy atom. The molecule has 6 nitrogen and oxygen atoms in total. The highest BCUT2D eigenvalue weighted by atomic mass is 16.5. The lowest BCUT2D eigenvalue weighted by Gasteiger charge is -2.56. The van der Waals surface area contributed by atoms with E-state index < -0.39 is 0 Å². The van der Waals surface area contributed by atoms with Gasteiger partial charge >= 0.3 is 0 Å². The zero-order valence-corrected chi connectivity index (χ0v) is 24.0. The molecule has 39 heavy (non-hydrogen) atoms. The van der Waals surface area contributed by atoms with E-state index in [0.29, 0.717) is 18.2 Å². The van der Waals surface area contributed by atoms with Crippen LogP contribution < -0.4 is 9.80 Å². The predicted molar refractivity (Wildman–Crippen MR) is 156 cm³/mol. The fourth-order valence-electron chi connectivity index (χ4n) is 7.36. The van der Waals surface area contributed by atoms with Gasteiger partial charge in [-0.1, -0.05) is 37.3 Å². The number of hydrogen-bond donors (Lipinski definition) is 0. The van der Waals surface area contributed by atoms with Crippen molar-refractivity contribution in [3.8, 4) is 11.4 Å². The van der Waals surface area contributed by atoms with Crippen LogP contribution in [0.15, 0.2) is 36.4 Å². The van der Waals surface area contributed by atoms with E-state index >= 15 is 0 Å². The van der Waals surface area contributed by atoms with Crippen LogP contribution in [-0.4, -0.2) is 55.0 Å². The Hall–Kier alpha value is -2.96. The van der Waals surface area contributed by atoms with E-state index in [1.165, 1.54) is 51.2 Å². The van der Waals surface area contributed by atoms with Crippen LogP contribution in [0, 0.1) is 20.8 Å². The summed E-state index contributed by atoms with van der Waals surface area (Å²) in [4.78, 5) is 15.8. The number of anilines is 2. The highest BCUT2D eigenvalue weighted by Crippen LogP contribution is 2.45. The number of ether oxygens (including phenoxy) is 2. The molecule has 2 aromatic carbocycles. The zero-order chi connectivity index (χ0) is 26.9. The van der Waals surface area contributed by atoms with Gasteiger partial charge in [0.05, 0.1) is 25.0 Å². The van der Waals surface area contributed by atoms with Crippen molar-refractivity contribution in [2.75, 3.05) is 36.7 Å². The van der Waals surface area contributed by atoms with E-state index in [2.05, 4.69) is 73.9 Å². The fraction of sp³-hybridized carbons (Fsp3) is 0.515. The molecule has 1 aromatic heterocycles.